The van der Waals surface area contributed by atoms with E-state index in [9.17, 15) is 4.79 Å². The second-order valence-electron chi connectivity index (χ2n) is 6.59. The molecule has 3 N–H and O–H groups in total. The zero-order valence-corrected chi connectivity index (χ0v) is 14.8. The van der Waals surface area contributed by atoms with Crippen molar-refractivity contribution < 1.29 is 4.79 Å². The maximum atomic E-state index is 12.2. The number of amides is 2. The van der Waals surface area contributed by atoms with Crippen molar-refractivity contribution in [1.82, 2.24) is 14.3 Å². The van der Waals surface area contributed by atoms with Gasteiger partial charge in [-0.25, -0.2) is 9.52 Å². The number of carbonyl (C=O) groups excluding carboxylic acids is 1. The molecule has 3 rings (SSSR count). The summed E-state index contributed by atoms with van der Waals surface area (Å²) in [5.74, 6) is 0. The van der Waals surface area contributed by atoms with E-state index in [2.05, 4.69) is 25.7 Å². The largest absolute Gasteiger partial charge is 0.330 e. The van der Waals surface area contributed by atoms with Gasteiger partial charge in [-0.15, -0.1) is 0 Å². The molecule has 5 nitrogen and oxygen atoms in total. The molecule has 0 saturated heterocycles. The van der Waals surface area contributed by atoms with Crippen LogP contribution < -0.4 is 14.8 Å². The molecule has 0 aromatic heterocycles. The third-order valence-corrected chi connectivity index (χ3v) is 5.22. The van der Waals surface area contributed by atoms with Crippen LogP contribution in [0, 0.1) is 0 Å². The predicted molar refractivity (Wildman–Crippen MR) is 96.8 cm³/mol. The number of carbonyl (C=O) groups is 1. The lowest BCUT2D eigenvalue weighted by atomic mass is 9.99. The first-order chi connectivity index (χ1) is 11.1. The maximum absolute atomic E-state index is 12.2. The number of urea groups is 1. The van der Waals surface area contributed by atoms with Gasteiger partial charge < -0.3 is 10.2 Å². The molecule has 0 aliphatic heterocycles. The van der Waals surface area contributed by atoms with Crippen molar-refractivity contribution in [2.45, 2.75) is 38.5 Å². The van der Waals surface area contributed by atoms with Crippen LogP contribution in [0.3, 0.4) is 0 Å². The average Bonchev–Trinajstić information content (AvgIpc) is 3.14. The van der Waals surface area contributed by atoms with Crippen LogP contribution in [0.1, 0.15) is 35.1 Å². The minimum atomic E-state index is -0.137. The molecule has 1 aromatic carbocycles. The number of rotatable bonds is 6. The molecule has 23 heavy (non-hydrogen) atoms. The predicted octanol–water partition coefficient (Wildman–Crippen LogP) is 2.50. The molecule has 0 unspecified atom stereocenters. The smallest absolute Gasteiger partial charge is 0.308 e. The van der Waals surface area contributed by atoms with Gasteiger partial charge in [-0.3, -0.25) is 4.72 Å². The fraction of sp³-hybridized carbons (Fsp3) is 0.588. The molecule has 0 bridgehead atoms. The number of anilines is 1. The lowest BCUT2D eigenvalue weighted by Gasteiger charge is -2.16. The summed E-state index contributed by atoms with van der Waals surface area (Å²) < 4.78 is 5.97. The first-order valence-electron chi connectivity index (χ1n) is 8.42. The molecule has 1 aromatic rings. The quantitative estimate of drug-likeness (QED) is 0.553. The Morgan fingerprint density at radius 1 is 1.13 bits per heavy atom. The Morgan fingerprint density at radius 2 is 1.78 bits per heavy atom. The number of nitrogens with zero attached hydrogens (tertiary/aromatic N) is 1. The summed E-state index contributed by atoms with van der Waals surface area (Å²) in [4.78, 5) is 14.3. The third-order valence-electron chi connectivity index (χ3n) is 4.59. The molecule has 2 aliphatic carbocycles. The van der Waals surface area contributed by atoms with Crippen LogP contribution in [0.5, 0.6) is 0 Å². The normalized spacial score (nSPS) is 15.6. The zero-order chi connectivity index (χ0) is 16.2. The Hall–Kier alpha value is -1.24. The molecule has 2 aliphatic rings. The summed E-state index contributed by atoms with van der Waals surface area (Å²) >= 11 is 1.25. The minimum Gasteiger partial charge on any atom is -0.308 e. The maximum Gasteiger partial charge on any atom is 0.330 e. The number of hydrogen-bond acceptors (Lipinski definition) is 4. The highest BCUT2D eigenvalue weighted by Crippen LogP contribution is 2.38. The molecule has 0 fully saturated rings. The van der Waals surface area contributed by atoms with Crippen molar-refractivity contribution in [3.8, 4) is 0 Å². The zero-order valence-electron chi connectivity index (χ0n) is 14.0. The number of hydrogen-bond donors (Lipinski definition) is 3. The highest BCUT2D eigenvalue weighted by atomic mass is 32.2. The molecule has 0 saturated carbocycles. The second-order valence-corrected chi connectivity index (χ2v) is 7.29. The summed E-state index contributed by atoms with van der Waals surface area (Å²) in [6.45, 7) is 1.77. The van der Waals surface area contributed by atoms with E-state index in [4.69, 9.17) is 0 Å². The van der Waals surface area contributed by atoms with Crippen molar-refractivity contribution in [3.05, 3.63) is 28.3 Å². The first-order valence-corrected chi connectivity index (χ1v) is 9.23. The average molecular weight is 334 g/mol. The molecule has 0 spiro atoms. The molecule has 0 atom stereocenters. The summed E-state index contributed by atoms with van der Waals surface area (Å²) in [7, 11) is 4.06. The summed E-state index contributed by atoms with van der Waals surface area (Å²) in [6, 6.07) is 2.24. The van der Waals surface area contributed by atoms with Gasteiger partial charge >= 0.3 is 6.03 Å². The summed E-state index contributed by atoms with van der Waals surface area (Å²) in [5, 5.41) is 3.12. The van der Waals surface area contributed by atoms with Gasteiger partial charge in [0.05, 0.1) is 0 Å². The fourth-order valence-corrected chi connectivity index (χ4v) is 3.92. The Kier molecular flexibility index (Phi) is 5.46. The van der Waals surface area contributed by atoms with Crippen molar-refractivity contribution in [3.63, 3.8) is 0 Å². The van der Waals surface area contributed by atoms with Gasteiger partial charge in [-0.05, 0) is 74.9 Å². The Balaban J connectivity index is 1.59. The number of likely N-dealkylation sites (N-methyl/N-ethyl adjacent to an activating group) is 1. The minimum absolute atomic E-state index is 0.137. The van der Waals surface area contributed by atoms with Gasteiger partial charge in [0, 0.05) is 30.9 Å². The number of nitrogens with one attached hydrogen (secondary N) is 3. The highest BCUT2D eigenvalue weighted by Gasteiger charge is 2.24. The van der Waals surface area contributed by atoms with Crippen LogP contribution in [-0.2, 0) is 25.7 Å². The number of benzene rings is 1. The van der Waals surface area contributed by atoms with Crippen LogP contribution in [0.4, 0.5) is 10.5 Å². The SMILES string of the molecule is CN(C)CCNSNC(=O)Nc1c2c(cc3c1CCC3)CCC2. The molecule has 0 radical (unpaired) electrons. The molecular formula is C17H26N4OS. The lowest BCUT2D eigenvalue weighted by Crippen LogP contribution is -2.30. The van der Waals surface area contributed by atoms with Crippen LogP contribution in [-0.4, -0.2) is 38.1 Å². The second kappa shape index (κ2) is 7.55. The van der Waals surface area contributed by atoms with Gasteiger partial charge in [0.2, 0.25) is 0 Å². The molecule has 6 heteroatoms. The van der Waals surface area contributed by atoms with E-state index in [1.165, 1.54) is 47.2 Å². The fourth-order valence-electron chi connectivity index (χ4n) is 3.51. The standard InChI is InChI=1S/C17H26N4OS/c1-21(2)10-9-18-23-20-17(22)19-16-14-7-3-5-12(14)11-13-6-4-8-15(13)16/h11,18H,3-10H2,1-2H3,(H2,19,20,22). The lowest BCUT2D eigenvalue weighted by molar-refractivity contribution is 0.257. The van der Waals surface area contributed by atoms with E-state index in [-0.39, 0.29) is 6.03 Å². The topological polar surface area (TPSA) is 56.4 Å². The monoisotopic (exact) mass is 334 g/mol. The Morgan fingerprint density at radius 3 is 2.39 bits per heavy atom. The van der Waals surface area contributed by atoms with Crippen molar-refractivity contribution in [2.75, 3.05) is 32.5 Å². The molecule has 126 valence electrons. The number of aryl methyl sites for hydroxylation is 2. The van der Waals surface area contributed by atoms with E-state index in [0.717, 1.165) is 44.5 Å². The van der Waals surface area contributed by atoms with Crippen molar-refractivity contribution >= 4 is 23.9 Å². The molecular weight excluding hydrogens is 308 g/mol. The van der Waals surface area contributed by atoms with Crippen LogP contribution in [0.2, 0.25) is 0 Å². The van der Waals surface area contributed by atoms with Crippen molar-refractivity contribution in [2.24, 2.45) is 0 Å². The van der Waals surface area contributed by atoms with E-state index in [1.54, 1.807) is 0 Å². The highest BCUT2D eigenvalue weighted by molar-refractivity contribution is 7.96. The van der Waals surface area contributed by atoms with Crippen LogP contribution in [0.25, 0.3) is 0 Å². The first kappa shape index (κ1) is 16.6. The van der Waals surface area contributed by atoms with Gasteiger partial charge in [0.15, 0.2) is 0 Å². The van der Waals surface area contributed by atoms with Gasteiger partial charge in [-0.2, -0.15) is 0 Å². The van der Waals surface area contributed by atoms with E-state index < -0.39 is 0 Å². The van der Waals surface area contributed by atoms with Crippen LogP contribution in [0.15, 0.2) is 6.07 Å². The summed E-state index contributed by atoms with van der Waals surface area (Å²) in [5.41, 5.74) is 6.71. The summed E-state index contributed by atoms with van der Waals surface area (Å²) in [6.07, 6.45) is 6.89. The third kappa shape index (κ3) is 4.00. The van der Waals surface area contributed by atoms with Gasteiger partial charge in [0.25, 0.3) is 0 Å². The van der Waals surface area contributed by atoms with Gasteiger partial charge in [0.1, 0.15) is 0 Å². The van der Waals surface area contributed by atoms with Gasteiger partial charge in [-0.1, -0.05) is 6.07 Å². The molecule has 2 amide bonds. The van der Waals surface area contributed by atoms with Crippen molar-refractivity contribution in [1.29, 1.82) is 0 Å². The van der Waals surface area contributed by atoms with E-state index >= 15 is 0 Å². The molecule has 0 heterocycles. The Labute approximate surface area is 142 Å². The number of fused-ring (bicyclic) bond motifs is 2. The Bertz CT molecular complexity index is 556. The van der Waals surface area contributed by atoms with Crippen LogP contribution >= 0.6 is 12.1 Å². The van der Waals surface area contributed by atoms with E-state index in [1.807, 2.05) is 14.1 Å². The van der Waals surface area contributed by atoms with E-state index in [0.29, 0.717) is 0 Å².